The normalized spacial score (nSPS) is 17.9. The van der Waals surface area contributed by atoms with E-state index in [9.17, 15) is 14.7 Å². The van der Waals surface area contributed by atoms with Crippen molar-refractivity contribution in [3.63, 3.8) is 0 Å². The maximum Gasteiger partial charge on any atom is 0.296 e. The van der Waals surface area contributed by atoms with Crippen molar-refractivity contribution in [1.82, 2.24) is 4.90 Å². The first-order valence-corrected chi connectivity index (χ1v) is 10.1. The number of ether oxygens (including phenoxy) is 1. The number of methoxy groups -OCH3 is 1. The molecule has 2 heterocycles. The van der Waals surface area contributed by atoms with Crippen LogP contribution in [0, 0.1) is 0 Å². The SMILES string of the molecule is COc1cccc(/C(O)=C2\C(=O)C(=O)N(Cc3ccco3)C2c2ccc(Cl)c(Cl)c2)c1. The maximum atomic E-state index is 13.0. The minimum atomic E-state index is -0.883. The van der Waals surface area contributed by atoms with Crippen LogP contribution in [0.25, 0.3) is 5.76 Å². The lowest BCUT2D eigenvalue weighted by atomic mass is 9.95. The molecule has 6 nitrogen and oxygen atoms in total. The first-order valence-electron chi connectivity index (χ1n) is 9.31. The molecule has 1 N–H and O–H groups in total. The molecule has 1 aliphatic rings. The zero-order chi connectivity index (χ0) is 22.1. The number of Topliss-reactive ketones (excluding diaryl/α,β-unsaturated/α-hetero) is 1. The fraction of sp³-hybridized carbons (Fsp3) is 0.130. The lowest BCUT2D eigenvalue weighted by molar-refractivity contribution is -0.140. The second-order valence-corrected chi connectivity index (χ2v) is 7.73. The molecule has 2 aromatic carbocycles. The highest BCUT2D eigenvalue weighted by Gasteiger charge is 2.46. The predicted molar refractivity (Wildman–Crippen MR) is 116 cm³/mol. The molecule has 0 saturated carbocycles. The highest BCUT2D eigenvalue weighted by Crippen LogP contribution is 2.42. The molecule has 1 aromatic heterocycles. The fourth-order valence-electron chi connectivity index (χ4n) is 3.57. The number of hydrogen-bond acceptors (Lipinski definition) is 5. The molecule has 8 heteroatoms. The maximum absolute atomic E-state index is 13.0. The molecule has 0 aliphatic carbocycles. The van der Waals surface area contributed by atoms with E-state index in [1.54, 1.807) is 54.6 Å². The van der Waals surface area contributed by atoms with Gasteiger partial charge < -0.3 is 19.2 Å². The summed E-state index contributed by atoms with van der Waals surface area (Å²) in [5.74, 6) is -0.872. The van der Waals surface area contributed by atoms with E-state index >= 15 is 0 Å². The Hall–Kier alpha value is -3.22. The van der Waals surface area contributed by atoms with E-state index in [1.165, 1.54) is 18.3 Å². The number of carbonyl (C=O) groups is 2. The lowest BCUT2D eigenvalue weighted by Gasteiger charge is -2.24. The van der Waals surface area contributed by atoms with Crippen molar-refractivity contribution in [3.8, 4) is 5.75 Å². The summed E-state index contributed by atoms with van der Waals surface area (Å²) in [6, 6.07) is 13.9. The molecule has 4 rings (SSSR count). The second kappa shape index (κ2) is 8.49. The van der Waals surface area contributed by atoms with E-state index in [0.717, 1.165) is 0 Å². The molecule has 1 amide bonds. The van der Waals surface area contributed by atoms with Crippen LogP contribution in [0.3, 0.4) is 0 Å². The molecule has 158 valence electrons. The van der Waals surface area contributed by atoms with Gasteiger partial charge in [0.25, 0.3) is 11.7 Å². The summed E-state index contributed by atoms with van der Waals surface area (Å²) >= 11 is 12.3. The average Bonchev–Trinajstić information content (AvgIpc) is 3.38. The Balaban J connectivity index is 1.89. The molecular weight excluding hydrogens is 441 g/mol. The standard InChI is InChI=1S/C23H17Cl2NO5/c1-30-15-5-2-4-14(10-15)21(27)19-20(13-7-8-17(24)18(25)11-13)26(23(29)22(19)28)12-16-6-3-9-31-16/h2-11,20,27H,12H2,1H3/b21-19+. The summed E-state index contributed by atoms with van der Waals surface area (Å²) in [6.07, 6.45) is 1.48. The molecule has 0 spiro atoms. The largest absolute Gasteiger partial charge is 0.507 e. The molecule has 1 atom stereocenters. The van der Waals surface area contributed by atoms with Gasteiger partial charge in [-0.25, -0.2) is 0 Å². The quantitative estimate of drug-likeness (QED) is 0.322. The van der Waals surface area contributed by atoms with E-state index in [0.29, 0.717) is 27.7 Å². The Bertz CT molecular complexity index is 1190. The highest BCUT2D eigenvalue weighted by molar-refractivity contribution is 6.46. The first kappa shape index (κ1) is 21.0. The lowest BCUT2D eigenvalue weighted by Crippen LogP contribution is -2.29. The molecular formula is C23H17Cl2NO5. The number of likely N-dealkylation sites (tertiary alicyclic amines) is 1. The minimum Gasteiger partial charge on any atom is -0.507 e. The number of halogens is 2. The van der Waals surface area contributed by atoms with Gasteiger partial charge in [0.15, 0.2) is 0 Å². The number of aliphatic hydroxyl groups excluding tert-OH is 1. The van der Waals surface area contributed by atoms with E-state index in [-0.39, 0.29) is 22.9 Å². The van der Waals surface area contributed by atoms with Crippen LogP contribution in [-0.4, -0.2) is 28.8 Å². The summed E-state index contributed by atoms with van der Waals surface area (Å²) in [4.78, 5) is 27.3. The van der Waals surface area contributed by atoms with E-state index < -0.39 is 17.7 Å². The van der Waals surface area contributed by atoms with Crippen LogP contribution in [-0.2, 0) is 16.1 Å². The van der Waals surface area contributed by atoms with Crippen molar-refractivity contribution in [3.05, 3.63) is 93.4 Å². The van der Waals surface area contributed by atoms with Gasteiger partial charge in [0, 0.05) is 5.56 Å². The van der Waals surface area contributed by atoms with Gasteiger partial charge in [-0.2, -0.15) is 0 Å². The molecule has 1 saturated heterocycles. The van der Waals surface area contributed by atoms with Crippen molar-refractivity contribution < 1.29 is 23.8 Å². The summed E-state index contributed by atoms with van der Waals surface area (Å²) < 4.78 is 10.6. The Morgan fingerprint density at radius 1 is 1.10 bits per heavy atom. The van der Waals surface area contributed by atoms with Crippen LogP contribution in [0.4, 0.5) is 0 Å². The number of aliphatic hydroxyl groups is 1. The van der Waals surface area contributed by atoms with E-state index in [2.05, 4.69) is 0 Å². The van der Waals surface area contributed by atoms with Gasteiger partial charge in [0.05, 0.1) is 41.6 Å². The third-order valence-electron chi connectivity index (χ3n) is 5.05. The average molecular weight is 458 g/mol. The van der Waals surface area contributed by atoms with E-state index in [1.807, 2.05) is 0 Å². The zero-order valence-electron chi connectivity index (χ0n) is 16.3. The van der Waals surface area contributed by atoms with Crippen LogP contribution in [0.2, 0.25) is 10.0 Å². The van der Waals surface area contributed by atoms with Gasteiger partial charge in [-0.1, -0.05) is 41.4 Å². The number of rotatable bonds is 5. The smallest absolute Gasteiger partial charge is 0.296 e. The van der Waals surface area contributed by atoms with Gasteiger partial charge in [-0.05, 0) is 42.0 Å². The number of benzene rings is 2. The molecule has 31 heavy (non-hydrogen) atoms. The van der Waals surface area contributed by atoms with Gasteiger partial charge in [0.1, 0.15) is 17.3 Å². The van der Waals surface area contributed by atoms with Gasteiger partial charge in [-0.3, -0.25) is 9.59 Å². The van der Waals surface area contributed by atoms with Crippen LogP contribution in [0.1, 0.15) is 22.9 Å². The highest BCUT2D eigenvalue weighted by atomic mass is 35.5. The zero-order valence-corrected chi connectivity index (χ0v) is 17.9. The Labute approximate surface area is 188 Å². The number of amides is 1. The fourth-order valence-corrected chi connectivity index (χ4v) is 3.87. The Morgan fingerprint density at radius 2 is 1.90 bits per heavy atom. The third-order valence-corrected chi connectivity index (χ3v) is 5.79. The van der Waals surface area contributed by atoms with Gasteiger partial charge >= 0.3 is 0 Å². The van der Waals surface area contributed by atoms with Crippen LogP contribution in [0.15, 0.2) is 70.9 Å². The molecule has 0 bridgehead atoms. The predicted octanol–water partition coefficient (Wildman–Crippen LogP) is 5.22. The monoisotopic (exact) mass is 457 g/mol. The van der Waals surface area contributed by atoms with Gasteiger partial charge in [0.2, 0.25) is 0 Å². The van der Waals surface area contributed by atoms with Crippen LogP contribution in [0.5, 0.6) is 5.75 Å². The van der Waals surface area contributed by atoms with Crippen LogP contribution >= 0.6 is 23.2 Å². The number of furan rings is 1. The van der Waals surface area contributed by atoms with Crippen molar-refractivity contribution in [1.29, 1.82) is 0 Å². The number of carbonyl (C=O) groups excluding carboxylic acids is 2. The molecule has 0 radical (unpaired) electrons. The molecule has 1 unspecified atom stereocenters. The minimum absolute atomic E-state index is 0.0391. The Morgan fingerprint density at radius 3 is 2.58 bits per heavy atom. The molecule has 1 aliphatic heterocycles. The van der Waals surface area contributed by atoms with Crippen molar-refractivity contribution >= 4 is 40.7 Å². The van der Waals surface area contributed by atoms with Gasteiger partial charge in [-0.15, -0.1) is 0 Å². The summed E-state index contributed by atoms with van der Waals surface area (Å²) in [5.41, 5.74) is 0.827. The third kappa shape index (κ3) is 3.92. The summed E-state index contributed by atoms with van der Waals surface area (Å²) in [7, 11) is 1.50. The molecule has 1 fully saturated rings. The molecule has 3 aromatic rings. The second-order valence-electron chi connectivity index (χ2n) is 6.91. The van der Waals surface area contributed by atoms with Crippen molar-refractivity contribution in [2.75, 3.05) is 7.11 Å². The summed E-state index contributed by atoms with van der Waals surface area (Å²) in [6.45, 7) is 0.0391. The topological polar surface area (TPSA) is 80.0 Å². The number of hydrogen-bond donors (Lipinski definition) is 1. The number of ketones is 1. The Kier molecular flexibility index (Phi) is 5.76. The summed E-state index contributed by atoms with van der Waals surface area (Å²) in [5, 5.41) is 11.7. The number of nitrogens with zero attached hydrogens (tertiary/aromatic N) is 1. The van der Waals surface area contributed by atoms with Crippen molar-refractivity contribution in [2.24, 2.45) is 0 Å². The van der Waals surface area contributed by atoms with Crippen molar-refractivity contribution in [2.45, 2.75) is 12.6 Å². The van der Waals surface area contributed by atoms with Crippen LogP contribution < -0.4 is 4.74 Å². The van der Waals surface area contributed by atoms with E-state index in [4.69, 9.17) is 32.4 Å². The first-order chi connectivity index (χ1) is 14.9.